The molecule has 4 fully saturated rings. The van der Waals surface area contributed by atoms with E-state index in [2.05, 4.69) is 5.32 Å². The summed E-state index contributed by atoms with van der Waals surface area (Å²) in [4.78, 5) is 26.2. The third kappa shape index (κ3) is 2.09. The predicted molar refractivity (Wildman–Crippen MR) is 74.9 cm³/mol. The van der Waals surface area contributed by atoms with Crippen molar-refractivity contribution < 1.29 is 9.59 Å². The summed E-state index contributed by atoms with van der Waals surface area (Å²) >= 11 is 0. The van der Waals surface area contributed by atoms with Crippen LogP contribution in [-0.2, 0) is 9.59 Å². The molecule has 1 atom stereocenters. The van der Waals surface area contributed by atoms with Gasteiger partial charge in [0.2, 0.25) is 11.8 Å². The van der Waals surface area contributed by atoms with Crippen molar-refractivity contribution in [3.63, 3.8) is 0 Å². The average molecular weight is 276 g/mol. The van der Waals surface area contributed by atoms with Gasteiger partial charge >= 0.3 is 0 Å². The van der Waals surface area contributed by atoms with Crippen molar-refractivity contribution in [3.05, 3.63) is 0 Å². The van der Waals surface area contributed by atoms with E-state index in [9.17, 15) is 9.59 Å². The number of rotatable bonds is 5. The maximum Gasteiger partial charge on any atom is 0.247 e. The van der Waals surface area contributed by atoms with Gasteiger partial charge in [-0.1, -0.05) is 12.8 Å². The summed E-state index contributed by atoms with van der Waals surface area (Å²) in [5.41, 5.74) is 0.490. The molecule has 3 saturated carbocycles. The van der Waals surface area contributed by atoms with Crippen LogP contribution in [0.1, 0.15) is 57.8 Å². The van der Waals surface area contributed by atoms with Crippen molar-refractivity contribution >= 4 is 11.8 Å². The van der Waals surface area contributed by atoms with Crippen molar-refractivity contribution in [1.82, 2.24) is 10.2 Å². The summed E-state index contributed by atoms with van der Waals surface area (Å²) in [7, 11) is 0. The second-order valence-corrected chi connectivity index (χ2v) is 7.31. The Morgan fingerprint density at radius 1 is 1.10 bits per heavy atom. The van der Waals surface area contributed by atoms with Crippen LogP contribution in [0.2, 0.25) is 0 Å². The first-order valence-corrected chi connectivity index (χ1v) is 8.29. The Morgan fingerprint density at radius 2 is 1.80 bits per heavy atom. The Balaban J connectivity index is 1.37. The molecular formula is C16H24N2O2. The molecule has 20 heavy (non-hydrogen) atoms. The summed E-state index contributed by atoms with van der Waals surface area (Å²) in [6.45, 7) is 0.944. The highest BCUT2D eigenvalue weighted by molar-refractivity contribution is 6.05. The van der Waals surface area contributed by atoms with Crippen LogP contribution in [0, 0.1) is 11.3 Å². The molecule has 2 amide bonds. The SMILES string of the molecule is O=C1CC(NCC2(C3CC3)CC2)C(=O)N1C1CCCC1. The summed E-state index contributed by atoms with van der Waals surface area (Å²) in [6.07, 6.45) is 10.1. The van der Waals surface area contributed by atoms with Crippen LogP contribution >= 0.6 is 0 Å². The number of imide groups is 1. The molecule has 1 heterocycles. The van der Waals surface area contributed by atoms with Crippen molar-refractivity contribution in [3.8, 4) is 0 Å². The molecule has 4 heteroatoms. The second kappa shape index (κ2) is 4.55. The normalized spacial score (nSPS) is 33.2. The number of nitrogens with zero attached hydrogens (tertiary/aromatic N) is 1. The van der Waals surface area contributed by atoms with Crippen LogP contribution in [0.15, 0.2) is 0 Å². The largest absolute Gasteiger partial charge is 0.305 e. The number of carbonyl (C=O) groups is 2. The molecule has 0 aromatic heterocycles. The van der Waals surface area contributed by atoms with E-state index >= 15 is 0 Å². The van der Waals surface area contributed by atoms with Gasteiger partial charge in [-0.05, 0) is 49.9 Å². The van der Waals surface area contributed by atoms with Gasteiger partial charge in [-0.15, -0.1) is 0 Å². The highest BCUT2D eigenvalue weighted by Crippen LogP contribution is 2.60. The first-order valence-electron chi connectivity index (χ1n) is 8.29. The maximum atomic E-state index is 12.5. The molecule has 0 spiro atoms. The van der Waals surface area contributed by atoms with Gasteiger partial charge in [0, 0.05) is 12.6 Å². The topological polar surface area (TPSA) is 49.4 Å². The Morgan fingerprint density at radius 3 is 2.40 bits per heavy atom. The molecule has 1 N–H and O–H groups in total. The lowest BCUT2D eigenvalue weighted by atomic mass is 10.0. The first-order chi connectivity index (χ1) is 9.70. The van der Waals surface area contributed by atoms with Crippen LogP contribution < -0.4 is 5.32 Å². The fourth-order valence-electron chi connectivity index (χ4n) is 4.27. The van der Waals surface area contributed by atoms with Gasteiger partial charge in [-0.25, -0.2) is 0 Å². The fourth-order valence-corrected chi connectivity index (χ4v) is 4.27. The van der Waals surface area contributed by atoms with Gasteiger partial charge in [0.05, 0.1) is 12.5 Å². The zero-order valence-electron chi connectivity index (χ0n) is 12.1. The van der Waals surface area contributed by atoms with Crippen molar-refractivity contribution in [2.24, 2.45) is 11.3 Å². The molecule has 4 nitrogen and oxygen atoms in total. The summed E-state index contributed by atoms with van der Waals surface area (Å²) in [5, 5.41) is 3.43. The second-order valence-electron chi connectivity index (χ2n) is 7.31. The first kappa shape index (κ1) is 12.8. The Bertz CT molecular complexity index is 434. The van der Waals surface area contributed by atoms with E-state index in [1.165, 1.54) is 25.7 Å². The van der Waals surface area contributed by atoms with Crippen LogP contribution in [-0.4, -0.2) is 35.3 Å². The average Bonchev–Trinajstić information content (AvgIpc) is 3.33. The molecule has 1 saturated heterocycles. The zero-order chi connectivity index (χ0) is 13.7. The van der Waals surface area contributed by atoms with Gasteiger partial charge in [-0.3, -0.25) is 14.5 Å². The quantitative estimate of drug-likeness (QED) is 0.779. The van der Waals surface area contributed by atoms with E-state index in [1.807, 2.05) is 0 Å². The Labute approximate surface area is 120 Å². The standard InChI is InChI=1S/C16H24N2O2/c19-14-9-13(15(20)18(14)12-3-1-2-4-12)17-10-16(7-8-16)11-5-6-11/h11-13,17H,1-10H2. The minimum absolute atomic E-state index is 0.0495. The van der Waals surface area contributed by atoms with E-state index in [0.717, 1.165) is 38.1 Å². The molecule has 4 rings (SSSR count). The van der Waals surface area contributed by atoms with Crippen molar-refractivity contribution in [2.45, 2.75) is 69.9 Å². The predicted octanol–water partition coefficient (Wildman–Crippen LogP) is 1.84. The smallest absolute Gasteiger partial charge is 0.247 e. The highest BCUT2D eigenvalue weighted by Gasteiger charge is 2.54. The lowest BCUT2D eigenvalue weighted by molar-refractivity contribution is -0.141. The van der Waals surface area contributed by atoms with E-state index in [4.69, 9.17) is 0 Å². The molecule has 4 aliphatic rings. The number of nitrogens with one attached hydrogen (secondary N) is 1. The number of carbonyl (C=O) groups excluding carboxylic acids is 2. The number of likely N-dealkylation sites (tertiary alicyclic amines) is 1. The number of hydrogen-bond acceptors (Lipinski definition) is 3. The van der Waals surface area contributed by atoms with Gasteiger partial charge in [0.25, 0.3) is 0 Å². The molecule has 0 radical (unpaired) electrons. The molecule has 0 bridgehead atoms. The van der Waals surface area contributed by atoms with Crippen LogP contribution in [0.3, 0.4) is 0 Å². The Kier molecular flexibility index (Phi) is 2.92. The van der Waals surface area contributed by atoms with Crippen molar-refractivity contribution in [1.29, 1.82) is 0 Å². The minimum Gasteiger partial charge on any atom is -0.305 e. The third-order valence-corrected chi connectivity index (χ3v) is 5.91. The number of hydrogen-bond donors (Lipinski definition) is 1. The van der Waals surface area contributed by atoms with E-state index in [0.29, 0.717) is 11.8 Å². The van der Waals surface area contributed by atoms with Gasteiger partial charge in [0.1, 0.15) is 0 Å². The fraction of sp³-hybridized carbons (Fsp3) is 0.875. The third-order valence-electron chi connectivity index (χ3n) is 5.91. The van der Waals surface area contributed by atoms with Gasteiger partial charge < -0.3 is 5.32 Å². The zero-order valence-corrected chi connectivity index (χ0v) is 12.1. The van der Waals surface area contributed by atoms with E-state index < -0.39 is 0 Å². The molecule has 3 aliphatic carbocycles. The van der Waals surface area contributed by atoms with E-state index in [1.54, 1.807) is 4.90 Å². The lowest BCUT2D eigenvalue weighted by Gasteiger charge is -2.23. The summed E-state index contributed by atoms with van der Waals surface area (Å²) in [6, 6.07) is -0.0422. The Hall–Kier alpha value is -0.900. The minimum atomic E-state index is -0.237. The van der Waals surface area contributed by atoms with Crippen LogP contribution in [0.5, 0.6) is 0 Å². The highest BCUT2D eigenvalue weighted by atomic mass is 16.2. The van der Waals surface area contributed by atoms with Crippen molar-refractivity contribution in [2.75, 3.05) is 6.54 Å². The maximum absolute atomic E-state index is 12.5. The summed E-state index contributed by atoms with van der Waals surface area (Å²) < 4.78 is 0. The molecule has 0 aromatic carbocycles. The number of amides is 2. The molecule has 1 aliphatic heterocycles. The lowest BCUT2D eigenvalue weighted by Crippen LogP contribution is -2.44. The molecule has 0 aromatic rings. The monoisotopic (exact) mass is 276 g/mol. The van der Waals surface area contributed by atoms with Gasteiger partial charge in [-0.2, -0.15) is 0 Å². The van der Waals surface area contributed by atoms with Crippen LogP contribution in [0.25, 0.3) is 0 Å². The van der Waals surface area contributed by atoms with E-state index in [-0.39, 0.29) is 23.9 Å². The van der Waals surface area contributed by atoms with Crippen LogP contribution in [0.4, 0.5) is 0 Å². The molecular weight excluding hydrogens is 252 g/mol. The summed E-state index contributed by atoms with van der Waals surface area (Å²) in [5.74, 6) is 0.998. The molecule has 1 unspecified atom stereocenters. The van der Waals surface area contributed by atoms with Gasteiger partial charge in [0.15, 0.2) is 0 Å². The molecule has 110 valence electrons.